The molecule has 2 amide bonds. The number of ether oxygens (including phenoxy) is 1. The number of rotatable bonds is 4. The fraction of sp³-hybridized carbons (Fsp3) is 0.385. The molecule has 0 aliphatic heterocycles. The standard InChI is InChI=1S/C13H12F3N5O3/c14-13(15,16)24-7-3-6(4-7)20-12(23)9-1-2-18-11-8(10(17)22)5-19-21(9)11/h1-2,5-7H,3-4H2,(H2,17,22)(H,20,23). The van der Waals surface area contributed by atoms with E-state index in [1.165, 1.54) is 18.5 Å². The number of amides is 2. The quantitative estimate of drug-likeness (QED) is 0.845. The Balaban J connectivity index is 1.69. The predicted molar refractivity (Wildman–Crippen MR) is 72.9 cm³/mol. The summed E-state index contributed by atoms with van der Waals surface area (Å²) in [4.78, 5) is 27.5. The van der Waals surface area contributed by atoms with Crippen molar-refractivity contribution in [3.8, 4) is 0 Å². The lowest BCUT2D eigenvalue weighted by molar-refractivity contribution is -0.351. The SMILES string of the molecule is NC(=O)c1cnn2c(C(=O)NC3CC(OC(F)(F)F)C3)ccnc12. The van der Waals surface area contributed by atoms with Crippen molar-refractivity contribution in [1.29, 1.82) is 0 Å². The van der Waals surface area contributed by atoms with Crippen molar-refractivity contribution >= 4 is 17.5 Å². The van der Waals surface area contributed by atoms with Gasteiger partial charge in [0.2, 0.25) is 0 Å². The third-order valence-electron chi connectivity index (χ3n) is 3.63. The lowest BCUT2D eigenvalue weighted by atomic mass is 9.89. The highest BCUT2D eigenvalue weighted by molar-refractivity contribution is 5.99. The van der Waals surface area contributed by atoms with Crippen LogP contribution in [0.15, 0.2) is 18.5 Å². The first-order valence-electron chi connectivity index (χ1n) is 6.92. The lowest BCUT2D eigenvalue weighted by Gasteiger charge is -2.35. The molecule has 0 radical (unpaired) electrons. The summed E-state index contributed by atoms with van der Waals surface area (Å²) in [6, 6.07) is 0.946. The van der Waals surface area contributed by atoms with Crippen LogP contribution in [0, 0.1) is 0 Å². The minimum Gasteiger partial charge on any atom is -0.365 e. The topological polar surface area (TPSA) is 112 Å². The van der Waals surface area contributed by atoms with Crippen LogP contribution in [-0.4, -0.2) is 44.9 Å². The number of nitrogens with zero attached hydrogens (tertiary/aromatic N) is 3. The van der Waals surface area contributed by atoms with Gasteiger partial charge in [-0.1, -0.05) is 0 Å². The van der Waals surface area contributed by atoms with Gasteiger partial charge in [0.05, 0.1) is 12.3 Å². The second-order valence-electron chi connectivity index (χ2n) is 5.32. The van der Waals surface area contributed by atoms with Crippen molar-refractivity contribution in [2.75, 3.05) is 0 Å². The fourth-order valence-corrected chi connectivity index (χ4v) is 2.47. The summed E-state index contributed by atoms with van der Waals surface area (Å²) in [5, 5.41) is 6.48. The fourth-order valence-electron chi connectivity index (χ4n) is 2.47. The van der Waals surface area contributed by atoms with Crippen molar-refractivity contribution < 1.29 is 27.5 Å². The van der Waals surface area contributed by atoms with E-state index in [0.717, 1.165) is 4.52 Å². The molecule has 2 aromatic rings. The van der Waals surface area contributed by atoms with Crippen molar-refractivity contribution in [3.05, 3.63) is 29.7 Å². The van der Waals surface area contributed by atoms with E-state index in [9.17, 15) is 22.8 Å². The van der Waals surface area contributed by atoms with E-state index in [2.05, 4.69) is 20.1 Å². The minimum atomic E-state index is -4.68. The Morgan fingerprint density at radius 3 is 2.71 bits per heavy atom. The highest BCUT2D eigenvalue weighted by Crippen LogP contribution is 2.30. The van der Waals surface area contributed by atoms with E-state index in [1.54, 1.807) is 0 Å². The van der Waals surface area contributed by atoms with E-state index in [0.29, 0.717) is 0 Å². The number of carbonyl (C=O) groups excluding carboxylic acids is 2. The van der Waals surface area contributed by atoms with E-state index in [1.807, 2.05) is 0 Å². The Bertz CT molecular complexity index is 798. The van der Waals surface area contributed by atoms with Crippen molar-refractivity contribution in [1.82, 2.24) is 19.9 Å². The highest BCUT2D eigenvalue weighted by Gasteiger charge is 2.40. The zero-order valence-corrected chi connectivity index (χ0v) is 12.1. The number of hydrogen-bond acceptors (Lipinski definition) is 5. The molecule has 2 heterocycles. The highest BCUT2D eigenvalue weighted by atomic mass is 19.4. The molecule has 128 valence electrons. The lowest BCUT2D eigenvalue weighted by Crippen LogP contribution is -2.49. The first-order chi connectivity index (χ1) is 11.2. The Morgan fingerprint density at radius 2 is 2.08 bits per heavy atom. The van der Waals surface area contributed by atoms with Gasteiger partial charge in [-0.25, -0.2) is 9.50 Å². The molecule has 3 rings (SSSR count). The van der Waals surface area contributed by atoms with Crippen molar-refractivity contribution in [2.24, 2.45) is 5.73 Å². The monoisotopic (exact) mass is 343 g/mol. The first-order valence-corrected chi connectivity index (χ1v) is 6.92. The third kappa shape index (κ3) is 3.15. The molecule has 2 aromatic heterocycles. The molecule has 0 atom stereocenters. The van der Waals surface area contributed by atoms with Gasteiger partial charge in [-0.05, 0) is 18.9 Å². The number of nitrogens with one attached hydrogen (secondary N) is 1. The molecule has 0 spiro atoms. The average molecular weight is 343 g/mol. The average Bonchev–Trinajstić information content (AvgIpc) is 2.87. The zero-order valence-electron chi connectivity index (χ0n) is 12.1. The van der Waals surface area contributed by atoms with Crippen molar-refractivity contribution in [2.45, 2.75) is 31.3 Å². The maximum Gasteiger partial charge on any atom is 0.522 e. The molecule has 8 nitrogen and oxygen atoms in total. The van der Waals surface area contributed by atoms with Gasteiger partial charge in [0, 0.05) is 12.2 Å². The van der Waals surface area contributed by atoms with E-state index in [-0.39, 0.29) is 29.7 Å². The molecule has 0 bridgehead atoms. The van der Waals surface area contributed by atoms with Gasteiger partial charge in [0.1, 0.15) is 11.3 Å². The number of hydrogen-bond donors (Lipinski definition) is 2. The number of alkyl halides is 3. The largest absolute Gasteiger partial charge is 0.522 e. The predicted octanol–water partition coefficient (Wildman–Crippen LogP) is 0.625. The summed E-state index contributed by atoms with van der Waals surface area (Å²) in [5.74, 6) is -1.28. The number of primary amides is 1. The van der Waals surface area contributed by atoms with Crippen LogP contribution >= 0.6 is 0 Å². The van der Waals surface area contributed by atoms with Gasteiger partial charge in [-0.3, -0.25) is 14.3 Å². The van der Waals surface area contributed by atoms with Gasteiger partial charge in [-0.2, -0.15) is 5.10 Å². The van der Waals surface area contributed by atoms with Crippen molar-refractivity contribution in [3.63, 3.8) is 0 Å². The van der Waals surface area contributed by atoms with Crippen LogP contribution in [0.3, 0.4) is 0 Å². The van der Waals surface area contributed by atoms with Crippen LogP contribution < -0.4 is 11.1 Å². The Kier molecular flexibility index (Phi) is 3.87. The number of carbonyl (C=O) groups is 2. The third-order valence-corrected chi connectivity index (χ3v) is 3.63. The maximum atomic E-state index is 12.3. The molecule has 0 saturated heterocycles. The minimum absolute atomic E-state index is 0.0606. The summed E-state index contributed by atoms with van der Waals surface area (Å²) in [6.45, 7) is 0. The molecule has 0 unspecified atom stereocenters. The Hall–Kier alpha value is -2.69. The van der Waals surface area contributed by atoms with E-state index in [4.69, 9.17) is 5.73 Å². The van der Waals surface area contributed by atoms with Gasteiger partial charge in [0.25, 0.3) is 11.8 Å². The molecule has 1 saturated carbocycles. The van der Waals surface area contributed by atoms with Gasteiger partial charge in [0.15, 0.2) is 5.65 Å². The summed E-state index contributed by atoms with van der Waals surface area (Å²) >= 11 is 0. The smallest absolute Gasteiger partial charge is 0.365 e. The van der Waals surface area contributed by atoms with E-state index < -0.39 is 30.3 Å². The van der Waals surface area contributed by atoms with Crippen LogP contribution in [0.25, 0.3) is 5.65 Å². The second-order valence-corrected chi connectivity index (χ2v) is 5.32. The molecule has 11 heteroatoms. The van der Waals surface area contributed by atoms with Crippen LogP contribution in [-0.2, 0) is 4.74 Å². The Morgan fingerprint density at radius 1 is 1.38 bits per heavy atom. The van der Waals surface area contributed by atoms with Gasteiger partial charge in [-0.15, -0.1) is 13.2 Å². The van der Waals surface area contributed by atoms with Gasteiger partial charge >= 0.3 is 6.36 Å². The zero-order chi connectivity index (χ0) is 17.5. The number of fused-ring (bicyclic) bond motifs is 1. The molecule has 1 aliphatic rings. The number of halogens is 3. The molecular weight excluding hydrogens is 331 g/mol. The van der Waals surface area contributed by atoms with Gasteiger partial charge < -0.3 is 11.1 Å². The molecule has 0 aromatic carbocycles. The number of aromatic nitrogens is 3. The molecule has 1 fully saturated rings. The number of nitrogens with two attached hydrogens (primary N) is 1. The van der Waals surface area contributed by atoms with E-state index >= 15 is 0 Å². The normalized spacial score (nSPS) is 20.6. The van der Waals surface area contributed by atoms with Crippen LogP contribution in [0.5, 0.6) is 0 Å². The summed E-state index contributed by atoms with van der Waals surface area (Å²) in [7, 11) is 0. The maximum absolute atomic E-state index is 12.3. The summed E-state index contributed by atoms with van der Waals surface area (Å²) in [5.41, 5.74) is 5.47. The molecule has 24 heavy (non-hydrogen) atoms. The molecule has 1 aliphatic carbocycles. The Labute approximate surface area is 132 Å². The van der Waals surface area contributed by atoms with Crippen LogP contribution in [0.2, 0.25) is 0 Å². The summed E-state index contributed by atoms with van der Waals surface area (Å²) in [6.07, 6.45) is -3.01. The van der Waals surface area contributed by atoms with Crippen LogP contribution in [0.1, 0.15) is 33.7 Å². The first kappa shape index (κ1) is 16.2. The molecular formula is C13H12F3N5O3. The second kappa shape index (κ2) is 5.74. The van der Waals surface area contributed by atoms with Crippen LogP contribution in [0.4, 0.5) is 13.2 Å². The molecule has 3 N–H and O–H groups in total. The summed E-state index contributed by atoms with van der Waals surface area (Å²) < 4.78 is 41.2.